The van der Waals surface area contributed by atoms with E-state index in [1.807, 2.05) is 58.0 Å². The number of nitrogens with zero attached hydrogens (tertiary/aromatic N) is 1. The number of rotatable bonds is 11. The molecule has 0 unspecified atom stereocenters. The van der Waals surface area contributed by atoms with E-state index < -0.39 is 42.1 Å². The van der Waals surface area contributed by atoms with Crippen LogP contribution >= 0.6 is 0 Å². The number of carbonyl (C=O) groups excluding carboxylic acids is 4. The second kappa shape index (κ2) is 12.9. The highest BCUT2D eigenvalue weighted by Gasteiger charge is 2.53. The van der Waals surface area contributed by atoms with E-state index in [0.29, 0.717) is 6.42 Å². The molecule has 1 saturated heterocycles. The normalized spacial score (nSPS) is 17.6. The van der Waals surface area contributed by atoms with Crippen molar-refractivity contribution in [2.75, 3.05) is 13.2 Å². The van der Waals surface area contributed by atoms with Crippen LogP contribution in [0.2, 0.25) is 0 Å². The minimum absolute atomic E-state index is 0.0244. The van der Waals surface area contributed by atoms with Crippen LogP contribution in [0, 0.1) is 11.8 Å². The summed E-state index contributed by atoms with van der Waals surface area (Å²) < 4.78 is 15.3. The van der Waals surface area contributed by atoms with Crippen LogP contribution in [0.15, 0.2) is 30.3 Å². The van der Waals surface area contributed by atoms with Gasteiger partial charge in [-0.25, -0.2) is 9.59 Å². The fourth-order valence-electron chi connectivity index (χ4n) is 3.23. The molecule has 2 rings (SSSR count). The fraction of sp³-hybridized carbons (Fsp3) is 0.583. The molecule has 188 valence electrons. The van der Waals surface area contributed by atoms with Gasteiger partial charge in [0.25, 0.3) is 11.8 Å². The zero-order valence-electron chi connectivity index (χ0n) is 20.4. The summed E-state index contributed by atoms with van der Waals surface area (Å²) >= 11 is 0. The van der Waals surface area contributed by atoms with Crippen molar-refractivity contribution in [3.63, 3.8) is 0 Å². The molecule has 1 heterocycles. The van der Waals surface area contributed by atoms with Gasteiger partial charge in [-0.15, -0.1) is 0 Å². The van der Waals surface area contributed by atoms with Gasteiger partial charge >= 0.3 is 12.1 Å². The second-order valence-electron chi connectivity index (χ2n) is 8.94. The predicted octanol–water partition coefficient (Wildman–Crippen LogP) is 2.17. The molecule has 0 spiro atoms. The molecule has 0 saturated carbocycles. The van der Waals surface area contributed by atoms with E-state index in [1.54, 1.807) is 6.92 Å². The molecule has 1 fully saturated rings. The van der Waals surface area contributed by atoms with Crippen LogP contribution in [-0.2, 0) is 35.2 Å². The van der Waals surface area contributed by atoms with Gasteiger partial charge in [0.05, 0.1) is 6.61 Å². The zero-order chi connectivity index (χ0) is 25.3. The summed E-state index contributed by atoms with van der Waals surface area (Å²) in [6.07, 6.45) is -2.39. The standard InChI is InChI=1S/C24H35N3O7/c1-6-32-23(30)20-19(34-20)22(29)27(13-16(4)5)26-21(28)18(12-15(2)3)25-24(31)33-14-17-10-8-7-9-11-17/h7-11,15-16,18-20H,6,12-14H2,1-5H3,(H,25,31)(H,26,28)/t18-,19-,20-/m0/s1. The second-order valence-corrected chi connectivity index (χ2v) is 8.94. The average Bonchev–Trinajstić information content (AvgIpc) is 3.57. The lowest BCUT2D eigenvalue weighted by molar-refractivity contribution is -0.145. The Morgan fingerprint density at radius 1 is 1.00 bits per heavy atom. The Balaban J connectivity index is 2.01. The number of hydrogen-bond acceptors (Lipinski definition) is 7. The van der Waals surface area contributed by atoms with Crippen molar-refractivity contribution in [2.45, 2.75) is 65.9 Å². The minimum atomic E-state index is -1.01. The van der Waals surface area contributed by atoms with Gasteiger partial charge in [-0.1, -0.05) is 58.0 Å². The van der Waals surface area contributed by atoms with E-state index >= 15 is 0 Å². The van der Waals surface area contributed by atoms with Crippen molar-refractivity contribution in [3.8, 4) is 0 Å². The van der Waals surface area contributed by atoms with Crippen LogP contribution in [0.5, 0.6) is 0 Å². The molecule has 2 N–H and O–H groups in total. The molecule has 34 heavy (non-hydrogen) atoms. The smallest absolute Gasteiger partial charge is 0.408 e. The number of esters is 1. The van der Waals surface area contributed by atoms with E-state index in [4.69, 9.17) is 14.2 Å². The maximum absolute atomic E-state index is 13.0. The SMILES string of the molecule is CCOC(=O)[C@H]1O[C@@H]1C(=O)N(CC(C)C)NC(=O)[C@H](CC(C)C)NC(=O)OCc1ccccc1. The summed E-state index contributed by atoms with van der Waals surface area (Å²) in [5, 5.41) is 3.73. The van der Waals surface area contributed by atoms with Gasteiger partial charge in [0.15, 0.2) is 12.2 Å². The summed E-state index contributed by atoms with van der Waals surface area (Å²) in [7, 11) is 0. The lowest BCUT2D eigenvalue weighted by Gasteiger charge is -2.28. The largest absolute Gasteiger partial charge is 0.464 e. The highest BCUT2D eigenvalue weighted by Crippen LogP contribution is 2.25. The lowest BCUT2D eigenvalue weighted by Crippen LogP contribution is -2.56. The summed E-state index contributed by atoms with van der Waals surface area (Å²) in [5.74, 6) is -1.62. The van der Waals surface area contributed by atoms with Gasteiger partial charge < -0.3 is 19.5 Å². The molecule has 0 radical (unpaired) electrons. The summed E-state index contributed by atoms with van der Waals surface area (Å²) in [6.45, 7) is 9.69. The average molecular weight is 478 g/mol. The molecule has 0 bridgehead atoms. The molecule has 0 aliphatic carbocycles. The summed E-state index contributed by atoms with van der Waals surface area (Å²) in [4.78, 5) is 50.1. The Bertz CT molecular complexity index is 844. The number of ether oxygens (including phenoxy) is 3. The van der Waals surface area contributed by atoms with Crippen molar-refractivity contribution >= 4 is 23.9 Å². The number of nitrogens with one attached hydrogen (secondary N) is 2. The first-order chi connectivity index (χ1) is 16.1. The zero-order valence-corrected chi connectivity index (χ0v) is 20.4. The van der Waals surface area contributed by atoms with E-state index in [2.05, 4.69) is 10.7 Å². The Morgan fingerprint density at radius 3 is 2.26 bits per heavy atom. The highest BCUT2D eigenvalue weighted by molar-refractivity contribution is 5.94. The first-order valence-electron chi connectivity index (χ1n) is 11.5. The Hall–Kier alpha value is -3.14. The summed E-state index contributed by atoms with van der Waals surface area (Å²) in [5.41, 5.74) is 3.40. The molecule has 10 nitrogen and oxygen atoms in total. The van der Waals surface area contributed by atoms with E-state index in [9.17, 15) is 19.2 Å². The monoisotopic (exact) mass is 477 g/mol. The van der Waals surface area contributed by atoms with Gasteiger partial charge in [0, 0.05) is 6.54 Å². The molecule has 3 atom stereocenters. The molecule has 0 aromatic heterocycles. The van der Waals surface area contributed by atoms with E-state index in [-0.39, 0.29) is 31.6 Å². The molecule has 10 heteroatoms. The van der Waals surface area contributed by atoms with Gasteiger partial charge in [-0.3, -0.25) is 20.0 Å². The van der Waals surface area contributed by atoms with Gasteiger partial charge in [-0.2, -0.15) is 0 Å². The number of amides is 3. The molecular weight excluding hydrogens is 442 g/mol. The number of carbonyl (C=O) groups is 4. The number of benzene rings is 1. The Kier molecular flexibility index (Phi) is 10.3. The molecule has 1 aliphatic heterocycles. The third-order valence-electron chi connectivity index (χ3n) is 4.84. The Labute approximate surface area is 200 Å². The van der Waals surface area contributed by atoms with Crippen LogP contribution in [0.4, 0.5) is 4.79 Å². The fourth-order valence-corrected chi connectivity index (χ4v) is 3.23. The number of alkyl carbamates (subject to hydrolysis) is 1. The minimum Gasteiger partial charge on any atom is -0.464 e. The van der Waals surface area contributed by atoms with Crippen molar-refractivity contribution in [2.24, 2.45) is 11.8 Å². The lowest BCUT2D eigenvalue weighted by atomic mass is 10.0. The maximum Gasteiger partial charge on any atom is 0.408 e. The van der Waals surface area contributed by atoms with Crippen molar-refractivity contribution < 1.29 is 33.4 Å². The molecule has 1 aromatic rings. The van der Waals surface area contributed by atoms with Gasteiger partial charge in [-0.05, 0) is 30.7 Å². The van der Waals surface area contributed by atoms with Crippen molar-refractivity contribution in [1.82, 2.24) is 15.8 Å². The number of hydrazine groups is 1. The maximum atomic E-state index is 13.0. The molecule has 1 aliphatic rings. The van der Waals surface area contributed by atoms with E-state index in [0.717, 1.165) is 10.6 Å². The quantitative estimate of drug-likeness (QED) is 0.284. The number of hydrogen-bond donors (Lipinski definition) is 2. The third-order valence-corrected chi connectivity index (χ3v) is 4.84. The summed E-state index contributed by atoms with van der Waals surface area (Å²) in [6, 6.07) is 8.25. The highest BCUT2D eigenvalue weighted by atomic mass is 16.6. The van der Waals surface area contributed by atoms with E-state index in [1.165, 1.54) is 0 Å². The van der Waals surface area contributed by atoms with Gasteiger partial charge in [0.2, 0.25) is 0 Å². The topological polar surface area (TPSA) is 127 Å². The Morgan fingerprint density at radius 2 is 1.68 bits per heavy atom. The third kappa shape index (κ3) is 8.66. The van der Waals surface area contributed by atoms with Crippen LogP contribution in [-0.4, -0.2) is 60.3 Å². The molecule has 1 aromatic carbocycles. The van der Waals surface area contributed by atoms with Gasteiger partial charge in [0.1, 0.15) is 12.6 Å². The first kappa shape index (κ1) is 27.1. The number of epoxide rings is 1. The predicted molar refractivity (Wildman–Crippen MR) is 123 cm³/mol. The van der Waals surface area contributed by atoms with Crippen LogP contribution < -0.4 is 10.7 Å². The van der Waals surface area contributed by atoms with Crippen molar-refractivity contribution in [3.05, 3.63) is 35.9 Å². The van der Waals surface area contributed by atoms with Crippen LogP contribution in [0.25, 0.3) is 0 Å². The van der Waals surface area contributed by atoms with Crippen LogP contribution in [0.3, 0.4) is 0 Å². The van der Waals surface area contributed by atoms with Crippen LogP contribution in [0.1, 0.15) is 46.6 Å². The van der Waals surface area contributed by atoms with Crippen molar-refractivity contribution in [1.29, 1.82) is 0 Å². The molecule has 3 amide bonds. The molecular formula is C24H35N3O7. The first-order valence-corrected chi connectivity index (χ1v) is 11.5.